The molecule has 0 aliphatic carbocycles. The Hall–Kier alpha value is -2.17. The first-order valence-corrected chi connectivity index (χ1v) is 10.9. The van der Waals surface area contributed by atoms with E-state index in [9.17, 15) is 18.0 Å². The molecule has 29 heavy (non-hydrogen) atoms. The van der Waals surface area contributed by atoms with Gasteiger partial charge in [-0.3, -0.25) is 9.59 Å². The predicted molar refractivity (Wildman–Crippen MR) is 106 cm³/mol. The summed E-state index contributed by atoms with van der Waals surface area (Å²) < 4.78 is 42.6. The number of ether oxygens (including phenoxy) is 3. The molecule has 1 saturated heterocycles. The number of morpholine rings is 1. The molecule has 1 fully saturated rings. The van der Waals surface area contributed by atoms with Gasteiger partial charge in [0.1, 0.15) is 10.6 Å². The summed E-state index contributed by atoms with van der Waals surface area (Å²) in [5.74, 6) is -0.459. The number of esters is 1. The normalized spacial score (nSPS) is 15.2. The average Bonchev–Trinajstić information content (AvgIpc) is 2.71. The van der Waals surface area contributed by atoms with Crippen LogP contribution in [0.15, 0.2) is 23.1 Å². The van der Waals surface area contributed by atoms with Crippen LogP contribution in [0, 0.1) is 5.92 Å². The van der Waals surface area contributed by atoms with Gasteiger partial charge >= 0.3 is 5.97 Å². The van der Waals surface area contributed by atoms with E-state index in [1.54, 1.807) is 0 Å². The van der Waals surface area contributed by atoms with Crippen LogP contribution in [-0.2, 0) is 29.1 Å². The number of amides is 1. The molecule has 0 radical (unpaired) electrons. The highest BCUT2D eigenvalue weighted by Gasteiger charge is 2.29. The number of hydrogen-bond donors (Lipinski definition) is 1. The van der Waals surface area contributed by atoms with E-state index in [0.29, 0.717) is 25.6 Å². The second-order valence-electron chi connectivity index (χ2n) is 7.02. The number of carbonyl (C=O) groups is 2. The fourth-order valence-electron chi connectivity index (χ4n) is 2.70. The lowest BCUT2D eigenvalue weighted by molar-refractivity contribution is -0.147. The smallest absolute Gasteiger partial charge is 0.306 e. The van der Waals surface area contributed by atoms with Crippen LogP contribution in [0.4, 0.5) is 5.69 Å². The number of benzene rings is 1. The third-order valence-electron chi connectivity index (χ3n) is 4.33. The molecule has 1 aromatic rings. The van der Waals surface area contributed by atoms with Crippen LogP contribution in [0.2, 0.25) is 0 Å². The number of methoxy groups -OCH3 is 1. The Labute approximate surface area is 171 Å². The zero-order valence-corrected chi connectivity index (χ0v) is 17.8. The molecule has 1 aliphatic heterocycles. The summed E-state index contributed by atoms with van der Waals surface area (Å²) in [6, 6.07) is 4.33. The molecule has 2 rings (SSSR count). The van der Waals surface area contributed by atoms with Crippen molar-refractivity contribution in [1.82, 2.24) is 4.31 Å². The van der Waals surface area contributed by atoms with Crippen molar-refractivity contribution >= 4 is 27.6 Å². The average molecular weight is 429 g/mol. The molecule has 9 nitrogen and oxygen atoms in total. The van der Waals surface area contributed by atoms with Crippen LogP contribution in [0.1, 0.15) is 26.7 Å². The lowest BCUT2D eigenvalue weighted by Crippen LogP contribution is -2.40. The van der Waals surface area contributed by atoms with E-state index in [-0.39, 0.29) is 35.8 Å². The van der Waals surface area contributed by atoms with Crippen molar-refractivity contribution in [1.29, 1.82) is 0 Å². The van der Waals surface area contributed by atoms with Crippen molar-refractivity contribution in [2.75, 3.05) is 45.3 Å². The third kappa shape index (κ3) is 6.69. The molecular weight excluding hydrogens is 400 g/mol. The molecule has 0 spiro atoms. The summed E-state index contributed by atoms with van der Waals surface area (Å²) >= 11 is 0. The molecule has 0 atom stereocenters. The first-order chi connectivity index (χ1) is 13.7. The first kappa shape index (κ1) is 23.1. The van der Waals surface area contributed by atoms with Crippen LogP contribution in [0.25, 0.3) is 0 Å². The Bertz CT molecular complexity index is 818. The SMILES string of the molecule is COc1ccc(NC(=O)COC(=O)CCC(C)C)cc1S(=O)(=O)N1CCOCC1. The minimum atomic E-state index is -3.81. The number of rotatable bonds is 9. The Kier molecular flexibility index (Phi) is 8.42. The number of sulfonamides is 1. The number of nitrogens with zero attached hydrogens (tertiary/aromatic N) is 1. The monoisotopic (exact) mass is 428 g/mol. The maximum absolute atomic E-state index is 13.0. The van der Waals surface area contributed by atoms with E-state index in [2.05, 4.69) is 5.32 Å². The number of hydrogen-bond acceptors (Lipinski definition) is 7. The van der Waals surface area contributed by atoms with Crippen LogP contribution in [0.5, 0.6) is 5.75 Å². The highest BCUT2D eigenvalue weighted by molar-refractivity contribution is 7.89. The predicted octanol–water partition coefficient (Wildman–Crippen LogP) is 1.63. The van der Waals surface area contributed by atoms with Crippen molar-refractivity contribution in [3.8, 4) is 5.75 Å². The highest BCUT2D eigenvalue weighted by Crippen LogP contribution is 2.30. The number of nitrogens with one attached hydrogen (secondary N) is 1. The lowest BCUT2D eigenvalue weighted by Gasteiger charge is -2.26. The summed E-state index contributed by atoms with van der Waals surface area (Å²) in [5.41, 5.74) is 0.265. The van der Waals surface area contributed by atoms with Gasteiger partial charge in [0.05, 0.1) is 20.3 Å². The largest absolute Gasteiger partial charge is 0.495 e. The molecule has 0 aromatic heterocycles. The molecule has 162 valence electrons. The van der Waals surface area contributed by atoms with Crippen LogP contribution >= 0.6 is 0 Å². The van der Waals surface area contributed by atoms with Gasteiger partial charge in [-0.25, -0.2) is 8.42 Å². The fraction of sp³-hybridized carbons (Fsp3) is 0.579. The quantitative estimate of drug-likeness (QED) is 0.595. The van der Waals surface area contributed by atoms with Crippen molar-refractivity contribution in [2.45, 2.75) is 31.6 Å². The third-order valence-corrected chi connectivity index (χ3v) is 6.25. The molecule has 0 bridgehead atoms. The van der Waals surface area contributed by atoms with Crippen molar-refractivity contribution in [3.63, 3.8) is 0 Å². The zero-order chi connectivity index (χ0) is 21.4. The summed E-state index contributed by atoms with van der Waals surface area (Å²) in [5, 5.41) is 2.55. The van der Waals surface area contributed by atoms with Gasteiger partial charge in [0.2, 0.25) is 10.0 Å². The highest BCUT2D eigenvalue weighted by atomic mass is 32.2. The van der Waals surface area contributed by atoms with E-state index >= 15 is 0 Å². The minimum Gasteiger partial charge on any atom is -0.495 e. The molecule has 0 unspecified atom stereocenters. The summed E-state index contributed by atoms with van der Waals surface area (Å²) in [7, 11) is -2.44. The fourth-order valence-corrected chi connectivity index (χ4v) is 4.29. The molecule has 1 amide bonds. The maximum atomic E-state index is 13.0. The molecule has 1 aliphatic rings. The van der Waals surface area contributed by atoms with E-state index in [1.165, 1.54) is 29.6 Å². The van der Waals surface area contributed by atoms with Gasteiger partial charge in [-0.2, -0.15) is 4.31 Å². The van der Waals surface area contributed by atoms with Gasteiger partial charge in [0.15, 0.2) is 6.61 Å². The standard InChI is InChI=1S/C19H28N2O7S/c1-14(2)4-7-19(23)28-13-18(22)20-15-5-6-16(26-3)17(12-15)29(24,25)21-8-10-27-11-9-21/h5-6,12,14H,4,7-11,13H2,1-3H3,(H,20,22). The van der Waals surface area contributed by atoms with E-state index in [1.807, 2.05) is 13.8 Å². The lowest BCUT2D eigenvalue weighted by atomic mass is 10.1. The van der Waals surface area contributed by atoms with Crippen molar-refractivity contribution in [2.24, 2.45) is 5.92 Å². The second-order valence-corrected chi connectivity index (χ2v) is 8.93. The second kappa shape index (κ2) is 10.6. The molecule has 1 aromatic carbocycles. The number of carbonyl (C=O) groups excluding carboxylic acids is 2. The maximum Gasteiger partial charge on any atom is 0.306 e. The molecule has 1 N–H and O–H groups in total. The van der Waals surface area contributed by atoms with E-state index in [0.717, 1.165) is 0 Å². The van der Waals surface area contributed by atoms with Crippen LogP contribution in [0.3, 0.4) is 0 Å². The van der Waals surface area contributed by atoms with Gasteiger partial charge in [-0.15, -0.1) is 0 Å². The van der Waals surface area contributed by atoms with Gasteiger partial charge in [0.25, 0.3) is 5.91 Å². The topological polar surface area (TPSA) is 111 Å². The summed E-state index contributed by atoms with van der Waals surface area (Å²) in [6.07, 6.45) is 0.928. The van der Waals surface area contributed by atoms with Gasteiger partial charge in [-0.1, -0.05) is 13.8 Å². The Morgan fingerprint density at radius 3 is 2.55 bits per heavy atom. The van der Waals surface area contributed by atoms with Crippen molar-refractivity contribution < 1.29 is 32.2 Å². The Morgan fingerprint density at radius 1 is 1.24 bits per heavy atom. The van der Waals surface area contributed by atoms with E-state index in [4.69, 9.17) is 14.2 Å². The molecule has 10 heteroatoms. The summed E-state index contributed by atoms with van der Waals surface area (Å²) in [4.78, 5) is 23.7. The molecule has 1 heterocycles. The van der Waals surface area contributed by atoms with Crippen LogP contribution in [-0.4, -0.2) is 64.6 Å². The zero-order valence-electron chi connectivity index (χ0n) is 17.0. The van der Waals surface area contributed by atoms with Crippen molar-refractivity contribution in [3.05, 3.63) is 18.2 Å². The van der Waals surface area contributed by atoms with Gasteiger partial charge < -0.3 is 19.5 Å². The Morgan fingerprint density at radius 2 is 1.93 bits per heavy atom. The van der Waals surface area contributed by atoms with Gasteiger partial charge in [-0.05, 0) is 30.5 Å². The molecule has 0 saturated carbocycles. The summed E-state index contributed by atoms with van der Waals surface area (Å²) in [6.45, 7) is 4.68. The van der Waals surface area contributed by atoms with E-state index < -0.39 is 28.5 Å². The first-order valence-electron chi connectivity index (χ1n) is 9.45. The van der Waals surface area contributed by atoms with Gasteiger partial charge in [0, 0.05) is 25.2 Å². The Balaban J connectivity index is 2.06. The van der Waals surface area contributed by atoms with Crippen LogP contribution < -0.4 is 10.1 Å². The number of anilines is 1. The molecular formula is C19H28N2O7S. The minimum absolute atomic E-state index is 0.0476.